The van der Waals surface area contributed by atoms with Gasteiger partial charge in [-0.2, -0.15) is 5.10 Å². The van der Waals surface area contributed by atoms with E-state index in [0.717, 1.165) is 37.3 Å². The standard InChI is InChI=1S/C11H18N4O/c1-7-10(12)8(2)15(14-7)11(16)9-3-5-13-6-4-9/h9,13H,3-6,12H2,1-2H3. The summed E-state index contributed by atoms with van der Waals surface area (Å²) in [7, 11) is 0. The maximum Gasteiger partial charge on any atom is 0.250 e. The molecule has 0 atom stereocenters. The zero-order chi connectivity index (χ0) is 11.7. The molecule has 88 valence electrons. The van der Waals surface area contributed by atoms with E-state index in [9.17, 15) is 4.79 Å². The maximum atomic E-state index is 12.2. The maximum absolute atomic E-state index is 12.2. The van der Waals surface area contributed by atoms with Crippen LogP contribution < -0.4 is 11.1 Å². The molecule has 0 aliphatic carbocycles. The number of aromatic nitrogens is 2. The van der Waals surface area contributed by atoms with Crippen molar-refractivity contribution in [3.8, 4) is 0 Å². The smallest absolute Gasteiger partial charge is 0.250 e. The zero-order valence-corrected chi connectivity index (χ0v) is 9.79. The van der Waals surface area contributed by atoms with Crippen molar-refractivity contribution in [1.82, 2.24) is 15.1 Å². The van der Waals surface area contributed by atoms with Crippen LogP contribution in [0.25, 0.3) is 0 Å². The monoisotopic (exact) mass is 222 g/mol. The molecule has 16 heavy (non-hydrogen) atoms. The molecule has 1 fully saturated rings. The van der Waals surface area contributed by atoms with E-state index in [2.05, 4.69) is 10.4 Å². The number of carbonyl (C=O) groups excluding carboxylic acids is 1. The van der Waals surface area contributed by atoms with E-state index in [-0.39, 0.29) is 11.8 Å². The summed E-state index contributed by atoms with van der Waals surface area (Å²) >= 11 is 0. The highest BCUT2D eigenvalue weighted by molar-refractivity contribution is 5.82. The molecular weight excluding hydrogens is 204 g/mol. The van der Waals surface area contributed by atoms with Crippen LogP contribution in [0.4, 0.5) is 5.69 Å². The van der Waals surface area contributed by atoms with Gasteiger partial charge < -0.3 is 11.1 Å². The second-order valence-electron chi connectivity index (χ2n) is 4.36. The van der Waals surface area contributed by atoms with E-state index in [4.69, 9.17) is 5.73 Å². The van der Waals surface area contributed by atoms with Gasteiger partial charge in [0.25, 0.3) is 0 Å². The number of nitrogens with two attached hydrogens (primary N) is 1. The van der Waals surface area contributed by atoms with E-state index >= 15 is 0 Å². The first-order valence-electron chi connectivity index (χ1n) is 5.68. The number of hydrogen-bond donors (Lipinski definition) is 2. The molecule has 3 N–H and O–H groups in total. The zero-order valence-electron chi connectivity index (χ0n) is 9.79. The molecular formula is C11H18N4O. The van der Waals surface area contributed by atoms with Crippen molar-refractivity contribution in [2.45, 2.75) is 26.7 Å². The molecule has 2 heterocycles. The Bertz CT molecular complexity index is 404. The minimum Gasteiger partial charge on any atom is -0.396 e. The Morgan fingerprint density at radius 3 is 2.56 bits per heavy atom. The van der Waals surface area contributed by atoms with Gasteiger partial charge >= 0.3 is 0 Å². The molecule has 1 aliphatic heterocycles. The van der Waals surface area contributed by atoms with E-state index in [0.29, 0.717) is 5.69 Å². The fraction of sp³-hybridized carbons (Fsp3) is 0.636. The van der Waals surface area contributed by atoms with Crippen LogP contribution in [0.3, 0.4) is 0 Å². The molecule has 1 aliphatic rings. The molecule has 1 aromatic rings. The minimum atomic E-state index is 0.0821. The molecule has 2 rings (SSSR count). The van der Waals surface area contributed by atoms with Crippen LogP contribution in [-0.2, 0) is 0 Å². The Balaban J connectivity index is 2.22. The average molecular weight is 222 g/mol. The Morgan fingerprint density at radius 1 is 1.44 bits per heavy atom. The number of nitrogens with one attached hydrogen (secondary N) is 1. The van der Waals surface area contributed by atoms with Gasteiger partial charge in [-0.15, -0.1) is 0 Å². The van der Waals surface area contributed by atoms with Crippen molar-refractivity contribution in [3.63, 3.8) is 0 Å². The van der Waals surface area contributed by atoms with Crippen LogP contribution in [0.15, 0.2) is 0 Å². The van der Waals surface area contributed by atoms with Crippen molar-refractivity contribution in [2.75, 3.05) is 18.8 Å². The molecule has 1 aromatic heterocycles. The van der Waals surface area contributed by atoms with Crippen LogP contribution in [0.5, 0.6) is 0 Å². The van der Waals surface area contributed by atoms with Crippen molar-refractivity contribution in [1.29, 1.82) is 0 Å². The SMILES string of the molecule is Cc1nn(C(=O)C2CCNCC2)c(C)c1N. The average Bonchev–Trinajstić information content (AvgIpc) is 2.57. The van der Waals surface area contributed by atoms with Gasteiger partial charge in [-0.05, 0) is 39.8 Å². The summed E-state index contributed by atoms with van der Waals surface area (Å²) in [5.41, 5.74) is 7.95. The number of anilines is 1. The largest absolute Gasteiger partial charge is 0.396 e. The Hall–Kier alpha value is -1.36. The van der Waals surface area contributed by atoms with Crippen molar-refractivity contribution in [3.05, 3.63) is 11.4 Å². The van der Waals surface area contributed by atoms with E-state index in [1.54, 1.807) is 0 Å². The second-order valence-corrected chi connectivity index (χ2v) is 4.36. The van der Waals surface area contributed by atoms with Crippen LogP contribution in [-0.4, -0.2) is 28.8 Å². The highest BCUT2D eigenvalue weighted by Gasteiger charge is 2.25. The lowest BCUT2D eigenvalue weighted by molar-refractivity contribution is 0.0787. The summed E-state index contributed by atoms with van der Waals surface area (Å²) in [5, 5.41) is 7.45. The highest BCUT2D eigenvalue weighted by atomic mass is 16.2. The third-order valence-corrected chi connectivity index (χ3v) is 3.24. The van der Waals surface area contributed by atoms with Gasteiger partial charge in [0, 0.05) is 5.92 Å². The highest BCUT2D eigenvalue weighted by Crippen LogP contribution is 2.19. The molecule has 5 nitrogen and oxygen atoms in total. The number of piperidine rings is 1. The van der Waals surface area contributed by atoms with Gasteiger partial charge in [-0.25, -0.2) is 4.68 Å². The van der Waals surface area contributed by atoms with Crippen LogP contribution in [0.2, 0.25) is 0 Å². The minimum absolute atomic E-state index is 0.0821. The van der Waals surface area contributed by atoms with Crippen LogP contribution in [0, 0.1) is 19.8 Å². The van der Waals surface area contributed by atoms with Crippen LogP contribution >= 0.6 is 0 Å². The Morgan fingerprint density at radius 2 is 2.06 bits per heavy atom. The summed E-state index contributed by atoms with van der Waals surface area (Å²) in [6.07, 6.45) is 1.77. The lowest BCUT2D eigenvalue weighted by atomic mass is 9.97. The fourth-order valence-electron chi connectivity index (χ4n) is 2.11. The first-order valence-corrected chi connectivity index (χ1v) is 5.68. The van der Waals surface area contributed by atoms with Gasteiger partial charge in [-0.3, -0.25) is 4.79 Å². The van der Waals surface area contributed by atoms with Crippen molar-refractivity contribution in [2.24, 2.45) is 5.92 Å². The summed E-state index contributed by atoms with van der Waals surface area (Å²) < 4.78 is 1.47. The molecule has 1 saturated heterocycles. The molecule has 0 spiro atoms. The Labute approximate surface area is 95.0 Å². The summed E-state index contributed by atoms with van der Waals surface area (Å²) in [6.45, 7) is 5.49. The first kappa shape index (κ1) is 11.1. The van der Waals surface area contributed by atoms with E-state index < -0.39 is 0 Å². The molecule has 5 heteroatoms. The number of hydrogen-bond acceptors (Lipinski definition) is 4. The number of nitrogen functional groups attached to an aromatic ring is 1. The number of carbonyl (C=O) groups is 1. The van der Waals surface area contributed by atoms with Crippen molar-refractivity contribution < 1.29 is 4.79 Å². The number of aryl methyl sites for hydroxylation is 1. The molecule has 0 unspecified atom stereocenters. The Kier molecular flexibility index (Phi) is 2.96. The van der Waals surface area contributed by atoms with E-state index in [1.807, 2.05) is 13.8 Å². The summed E-state index contributed by atoms with van der Waals surface area (Å²) in [4.78, 5) is 12.2. The number of rotatable bonds is 1. The summed E-state index contributed by atoms with van der Waals surface area (Å²) in [6, 6.07) is 0. The number of nitrogens with zero attached hydrogens (tertiary/aromatic N) is 2. The topological polar surface area (TPSA) is 72.9 Å². The van der Waals surface area contributed by atoms with Gasteiger partial charge in [0.15, 0.2) is 0 Å². The molecule has 0 saturated carbocycles. The normalized spacial score (nSPS) is 17.6. The second kappa shape index (κ2) is 4.25. The first-order chi connectivity index (χ1) is 7.61. The van der Waals surface area contributed by atoms with E-state index in [1.165, 1.54) is 4.68 Å². The predicted molar refractivity (Wildman–Crippen MR) is 62.3 cm³/mol. The molecule has 0 amide bonds. The lowest BCUT2D eigenvalue weighted by Gasteiger charge is -2.21. The van der Waals surface area contributed by atoms with Crippen molar-refractivity contribution >= 4 is 11.6 Å². The van der Waals surface area contributed by atoms with Gasteiger partial charge in [-0.1, -0.05) is 0 Å². The predicted octanol–water partition coefficient (Wildman–Crippen LogP) is 0.722. The lowest BCUT2D eigenvalue weighted by Crippen LogP contribution is -2.34. The molecule has 0 bridgehead atoms. The molecule has 0 aromatic carbocycles. The molecule has 0 radical (unpaired) electrons. The summed E-state index contributed by atoms with van der Waals surface area (Å²) in [5.74, 6) is 0.164. The van der Waals surface area contributed by atoms with Crippen LogP contribution in [0.1, 0.15) is 29.0 Å². The van der Waals surface area contributed by atoms with Gasteiger partial charge in [0.1, 0.15) is 0 Å². The fourth-order valence-corrected chi connectivity index (χ4v) is 2.11. The quantitative estimate of drug-likeness (QED) is 0.734. The van der Waals surface area contributed by atoms with Gasteiger partial charge in [0.2, 0.25) is 5.91 Å². The van der Waals surface area contributed by atoms with Gasteiger partial charge in [0.05, 0.1) is 17.1 Å². The third kappa shape index (κ3) is 1.82. The third-order valence-electron chi connectivity index (χ3n) is 3.24.